The average molecular weight is 200 g/mol. The van der Waals surface area contributed by atoms with E-state index in [4.69, 9.17) is 4.74 Å². The number of aliphatic hydroxyl groups is 1. The number of aliphatic hydroxyl groups excluding tert-OH is 1. The van der Waals surface area contributed by atoms with Crippen LogP contribution in [0.15, 0.2) is 0 Å². The first-order valence-corrected chi connectivity index (χ1v) is 5.53. The largest absolute Gasteiger partial charge is 0.368 e. The van der Waals surface area contributed by atoms with Gasteiger partial charge in [0.1, 0.15) is 0 Å². The summed E-state index contributed by atoms with van der Waals surface area (Å²) in [4.78, 5) is 0. The summed E-state index contributed by atoms with van der Waals surface area (Å²) in [6.45, 7) is 13.0. The van der Waals surface area contributed by atoms with E-state index in [1.165, 1.54) is 0 Å². The van der Waals surface area contributed by atoms with Crippen molar-refractivity contribution in [2.45, 2.75) is 60.4 Å². The van der Waals surface area contributed by atoms with Crippen LogP contribution in [0.4, 0.5) is 0 Å². The molecule has 84 valence electrons. The average Bonchev–Trinajstić information content (AvgIpc) is 2.12. The maximum absolute atomic E-state index is 9.28. The third-order valence-corrected chi connectivity index (χ3v) is 4.63. The SMILES string of the molecule is CC(O)OC1CC(C)C(C)(C)C1(C)C. The van der Waals surface area contributed by atoms with Gasteiger partial charge in [-0.2, -0.15) is 0 Å². The molecule has 3 unspecified atom stereocenters. The fraction of sp³-hybridized carbons (Fsp3) is 1.00. The zero-order valence-corrected chi connectivity index (χ0v) is 10.3. The molecule has 1 rings (SSSR count). The molecule has 0 aromatic heterocycles. The second-order valence-electron chi connectivity index (χ2n) is 5.80. The summed E-state index contributed by atoms with van der Waals surface area (Å²) >= 11 is 0. The lowest BCUT2D eigenvalue weighted by Gasteiger charge is -2.40. The Bertz CT molecular complexity index is 206. The summed E-state index contributed by atoms with van der Waals surface area (Å²) in [5.41, 5.74) is 0.399. The van der Waals surface area contributed by atoms with Gasteiger partial charge in [-0.05, 0) is 30.1 Å². The molecular weight excluding hydrogens is 176 g/mol. The zero-order chi connectivity index (χ0) is 11.1. The van der Waals surface area contributed by atoms with Crippen LogP contribution < -0.4 is 0 Å². The van der Waals surface area contributed by atoms with E-state index < -0.39 is 6.29 Å². The minimum Gasteiger partial charge on any atom is -0.368 e. The van der Waals surface area contributed by atoms with E-state index in [0.717, 1.165) is 6.42 Å². The summed E-state index contributed by atoms with van der Waals surface area (Å²) in [7, 11) is 0. The van der Waals surface area contributed by atoms with Crippen LogP contribution in [0.1, 0.15) is 48.0 Å². The molecule has 2 heteroatoms. The Morgan fingerprint density at radius 2 is 1.71 bits per heavy atom. The van der Waals surface area contributed by atoms with Crippen LogP contribution in [0.2, 0.25) is 0 Å². The summed E-state index contributed by atoms with van der Waals surface area (Å²) < 4.78 is 5.59. The standard InChI is InChI=1S/C12H24O2/c1-8-7-10(14-9(2)13)12(5,6)11(8,3)4/h8-10,13H,7H2,1-6H3. The van der Waals surface area contributed by atoms with E-state index in [-0.39, 0.29) is 16.9 Å². The van der Waals surface area contributed by atoms with Crippen molar-refractivity contribution in [2.75, 3.05) is 0 Å². The van der Waals surface area contributed by atoms with E-state index in [9.17, 15) is 5.11 Å². The van der Waals surface area contributed by atoms with Gasteiger partial charge in [0, 0.05) is 0 Å². The Labute approximate surface area is 87.7 Å². The minimum atomic E-state index is -0.652. The smallest absolute Gasteiger partial charge is 0.152 e. The molecule has 3 atom stereocenters. The molecule has 0 spiro atoms. The summed E-state index contributed by atoms with van der Waals surface area (Å²) in [6, 6.07) is 0. The van der Waals surface area contributed by atoms with Crippen molar-refractivity contribution in [1.29, 1.82) is 0 Å². The van der Waals surface area contributed by atoms with E-state index in [2.05, 4.69) is 34.6 Å². The molecule has 0 amide bonds. The van der Waals surface area contributed by atoms with Gasteiger partial charge in [-0.1, -0.05) is 34.6 Å². The van der Waals surface area contributed by atoms with Crippen LogP contribution in [-0.2, 0) is 4.74 Å². The molecular formula is C12H24O2. The van der Waals surface area contributed by atoms with Gasteiger partial charge in [0.2, 0.25) is 0 Å². The molecule has 1 aliphatic carbocycles. The van der Waals surface area contributed by atoms with Crippen molar-refractivity contribution in [3.05, 3.63) is 0 Å². The first kappa shape index (κ1) is 12.0. The maximum atomic E-state index is 9.28. The van der Waals surface area contributed by atoms with Crippen LogP contribution in [0.5, 0.6) is 0 Å². The van der Waals surface area contributed by atoms with Crippen LogP contribution in [-0.4, -0.2) is 17.5 Å². The molecule has 0 saturated heterocycles. The van der Waals surface area contributed by atoms with Crippen LogP contribution >= 0.6 is 0 Å². The third-order valence-electron chi connectivity index (χ3n) is 4.63. The second-order valence-corrected chi connectivity index (χ2v) is 5.80. The van der Waals surface area contributed by atoms with Crippen LogP contribution in [0.25, 0.3) is 0 Å². The lowest BCUT2D eigenvalue weighted by molar-refractivity contribution is -0.157. The molecule has 0 aliphatic heterocycles. The fourth-order valence-electron chi connectivity index (χ4n) is 2.42. The minimum absolute atomic E-state index is 0.128. The first-order valence-electron chi connectivity index (χ1n) is 5.53. The molecule has 1 saturated carbocycles. The Hall–Kier alpha value is -0.0800. The molecule has 0 bridgehead atoms. The molecule has 14 heavy (non-hydrogen) atoms. The van der Waals surface area contributed by atoms with Gasteiger partial charge in [0.25, 0.3) is 0 Å². The number of hydrogen-bond donors (Lipinski definition) is 1. The van der Waals surface area contributed by atoms with Gasteiger partial charge < -0.3 is 9.84 Å². The van der Waals surface area contributed by atoms with Crippen molar-refractivity contribution in [1.82, 2.24) is 0 Å². The molecule has 0 radical (unpaired) electrons. The molecule has 1 N–H and O–H groups in total. The number of hydrogen-bond acceptors (Lipinski definition) is 2. The zero-order valence-electron chi connectivity index (χ0n) is 10.3. The van der Waals surface area contributed by atoms with Crippen LogP contribution in [0.3, 0.4) is 0 Å². The molecule has 0 aromatic rings. The van der Waals surface area contributed by atoms with Crippen molar-refractivity contribution >= 4 is 0 Å². The second kappa shape index (κ2) is 3.49. The van der Waals surface area contributed by atoms with Crippen molar-refractivity contribution in [3.8, 4) is 0 Å². The van der Waals surface area contributed by atoms with E-state index in [1.54, 1.807) is 6.92 Å². The third kappa shape index (κ3) is 1.70. The van der Waals surface area contributed by atoms with E-state index in [0.29, 0.717) is 5.92 Å². The Balaban J connectivity index is 2.83. The molecule has 1 fully saturated rings. The highest BCUT2D eigenvalue weighted by Crippen LogP contribution is 2.56. The number of rotatable bonds is 2. The predicted octanol–water partition coefficient (Wildman–Crippen LogP) is 2.80. The normalized spacial score (nSPS) is 37.1. The highest BCUT2D eigenvalue weighted by atomic mass is 16.6. The van der Waals surface area contributed by atoms with Crippen molar-refractivity contribution < 1.29 is 9.84 Å². The van der Waals surface area contributed by atoms with Crippen LogP contribution in [0, 0.1) is 16.7 Å². The molecule has 0 aromatic carbocycles. The van der Waals surface area contributed by atoms with Gasteiger partial charge in [-0.25, -0.2) is 0 Å². The van der Waals surface area contributed by atoms with E-state index in [1.807, 2.05) is 0 Å². The topological polar surface area (TPSA) is 29.5 Å². The van der Waals surface area contributed by atoms with E-state index >= 15 is 0 Å². The van der Waals surface area contributed by atoms with Gasteiger partial charge in [-0.3, -0.25) is 0 Å². The van der Waals surface area contributed by atoms with Gasteiger partial charge in [-0.15, -0.1) is 0 Å². The highest BCUT2D eigenvalue weighted by molar-refractivity contribution is 5.02. The Morgan fingerprint density at radius 3 is 2.00 bits per heavy atom. The van der Waals surface area contributed by atoms with Gasteiger partial charge in [0.15, 0.2) is 6.29 Å². The fourth-order valence-corrected chi connectivity index (χ4v) is 2.42. The van der Waals surface area contributed by atoms with Crippen molar-refractivity contribution in [2.24, 2.45) is 16.7 Å². The summed E-state index contributed by atoms with van der Waals surface area (Å²) in [6.07, 6.45) is 0.568. The highest BCUT2D eigenvalue weighted by Gasteiger charge is 2.53. The molecule has 2 nitrogen and oxygen atoms in total. The quantitative estimate of drug-likeness (QED) is 0.695. The maximum Gasteiger partial charge on any atom is 0.152 e. The van der Waals surface area contributed by atoms with Crippen molar-refractivity contribution in [3.63, 3.8) is 0 Å². The summed E-state index contributed by atoms with van der Waals surface area (Å²) in [5, 5.41) is 9.28. The number of ether oxygens (including phenoxy) is 1. The molecule has 1 aliphatic rings. The Kier molecular flexibility index (Phi) is 2.99. The molecule has 0 heterocycles. The first-order chi connectivity index (χ1) is 6.19. The van der Waals surface area contributed by atoms with Gasteiger partial charge in [0.05, 0.1) is 6.10 Å². The van der Waals surface area contributed by atoms with Gasteiger partial charge >= 0.3 is 0 Å². The summed E-state index contributed by atoms with van der Waals surface area (Å²) in [5.74, 6) is 0.640. The lowest BCUT2D eigenvalue weighted by Crippen LogP contribution is -2.39. The Morgan fingerprint density at radius 1 is 1.21 bits per heavy atom. The monoisotopic (exact) mass is 200 g/mol. The predicted molar refractivity (Wildman–Crippen MR) is 57.9 cm³/mol. The lowest BCUT2D eigenvalue weighted by atomic mass is 9.67.